The molecule has 2 rings (SSSR count). The number of rotatable bonds is 22. The Labute approximate surface area is 225 Å². The molecule has 0 bridgehead atoms. The molecule has 0 saturated carbocycles. The zero-order valence-electron chi connectivity index (χ0n) is 22.6. The third-order valence-electron chi connectivity index (χ3n) is 7.35. The van der Waals surface area contributed by atoms with Gasteiger partial charge in [-0.15, -0.1) is 0 Å². The molecule has 0 aliphatic carbocycles. The summed E-state index contributed by atoms with van der Waals surface area (Å²) in [5, 5.41) is 2.74. The SMILES string of the molecule is O=C=NCCCCCCNC(=O)OCCCCCCC(C(=O)CCN=C=O)(C(=O)CN1CCC1)N1CCC1. The van der Waals surface area contributed by atoms with Crippen LogP contribution in [0.3, 0.4) is 0 Å². The molecule has 0 radical (unpaired) electrons. The first kappa shape index (κ1) is 31.5. The molecule has 2 heterocycles. The standard InChI is InChI=1S/C27H43N5O6/c33-22-28-13-6-2-3-7-14-30-26(37)38-20-8-4-1-5-12-27(32-18-10-19-32,24(35)11-15-29-23-34)25(36)21-31-16-9-17-31/h1-21H2,(H,30,37). The van der Waals surface area contributed by atoms with E-state index in [1.54, 1.807) is 0 Å². The summed E-state index contributed by atoms with van der Waals surface area (Å²) in [6, 6.07) is 0. The van der Waals surface area contributed by atoms with Crippen molar-refractivity contribution in [3.8, 4) is 0 Å². The van der Waals surface area contributed by atoms with E-state index in [4.69, 9.17) is 4.74 Å². The van der Waals surface area contributed by atoms with Crippen LogP contribution in [0.25, 0.3) is 0 Å². The molecule has 0 spiro atoms. The Balaban J connectivity index is 1.70. The van der Waals surface area contributed by atoms with E-state index in [0.717, 1.165) is 84.0 Å². The first-order chi connectivity index (χ1) is 18.5. The van der Waals surface area contributed by atoms with Gasteiger partial charge in [-0.1, -0.05) is 32.1 Å². The van der Waals surface area contributed by atoms with E-state index in [9.17, 15) is 24.0 Å². The highest BCUT2D eigenvalue weighted by Crippen LogP contribution is 2.32. The molecule has 1 unspecified atom stereocenters. The molecular weight excluding hydrogens is 490 g/mol. The molecule has 1 amide bonds. The number of ketones is 2. The van der Waals surface area contributed by atoms with E-state index >= 15 is 0 Å². The monoisotopic (exact) mass is 533 g/mol. The fourth-order valence-electron chi connectivity index (χ4n) is 4.88. The van der Waals surface area contributed by atoms with Crippen LogP contribution in [0.5, 0.6) is 0 Å². The highest BCUT2D eigenvalue weighted by atomic mass is 16.5. The number of carbonyl (C=O) groups is 3. The molecule has 2 aliphatic heterocycles. The Bertz CT molecular complexity index is 847. The van der Waals surface area contributed by atoms with Crippen LogP contribution in [-0.2, 0) is 23.9 Å². The molecular formula is C27H43N5O6. The Morgan fingerprint density at radius 1 is 0.789 bits per heavy atom. The van der Waals surface area contributed by atoms with Gasteiger partial charge in [0.2, 0.25) is 12.2 Å². The summed E-state index contributed by atoms with van der Waals surface area (Å²) in [5.74, 6) is -0.178. The van der Waals surface area contributed by atoms with Gasteiger partial charge in [0.15, 0.2) is 11.6 Å². The van der Waals surface area contributed by atoms with Crippen molar-refractivity contribution in [2.24, 2.45) is 9.98 Å². The van der Waals surface area contributed by atoms with Crippen molar-refractivity contribution in [3.05, 3.63) is 0 Å². The zero-order valence-corrected chi connectivity index (χ0v) is 22.6. The lowest BCUT2D eigenvalue weighted by Gasteiger charge is -2.48. The minimum atomic E-state index is -1.13. The van der Waals surface area contributed by atoms with Crippen molar-refractivity contribution in [3.63, 3.8) is 0 Å². The Morgan fingerprint density at radius 2 is 1.45 bits per heavy atom. The number of carbonyl (C=O) groups excluding carboxylic acids is 5. The van der Waals surface area contributed by atoms with Crippen molar-refractivity contribution < 1.29 is 28.7 Å². The van der Waals surface area contributed by atoms with E-state index in [2.05, 4.69) is 20.2 Å². The summed E-state index contributed by atoms with van der Waals surface area (Å²) in [5.41, 5.74) is -1.13. The van der Waals surface area contributed by atoms with Crippen LogP contribution in [0.4, 0.5) is 4.79 Å². The largest absolute Gasteiger partial charge is 0.450 e. The smallest absolute Gasteiger partial charge is 0.407 e. The number of alkyl carbamates (subject to hydrolysis) is 1. The molecule has 2 aliphatic rings. The van der Waals surface area contributed by atoms with Crippen LogP contribution in [0.15, 0.2) is 9.98 Å². The zero-order chi connectivity index (χ0) is 27.5. The predicted octanol–water partition coefficient (Wildman–Crippen LogP) is 2.57. The van der Waals surface area contributed by atoms with E-state index in [1.165, 1.54) is 12.2 Å². The first-order valence-electron chi connectivity index (χ1n) is 14.1. The van der Waals surface area contributed by atoms with E-state index < -0.39 is 11.6 Å². The van der Waals surface area contributed by atoms with Crippen LogP contribution < -0.4 is 5.32 Å². The van der Waals surface area contributed by atoms with Gasteiger partial charge in [-0.05, 0) is 51.6 Å². The van der Waals surface area contributed by atoms with Gasteiger partial charge in [0.05, 0.1) is 26.2 Å². The number of hydrogen-bond donors (Lipinski definition) is 1. The fraction of sp³-hybridized carbons (Fsp3) is 0.815. The predicted molar refractivity (Wildman–Crippen MR) is 141 cm³/mol. The van der Waals surface area contributed by atoms with Gasteiger partial charge in [-0.2, -0.15) is 0 Å². The molecule has 0 aromatic rings. The molecule has 2 saturated heterocycles. The number of amides is 1. The van der Waals surface area contributed by atoms with Gasteiger partial charge in [-0.25, -0.2) is 24.4 Å². The van der Waals surface area contributed by atoms with E-state index in [0.29, 0.717) is 32.5 Å². The molecule has 1 N–H and O–H groups in total. The maximum atomic E-state index is 13.5. The summed E-state index contributed by atoms with van der Waals surface area (Å²) < 4.78 is 5.24. The molecule has 11 nitrogen and oxygen atoms in total. The average Bonchev–Trinajstić information content (AvgIpc) is 2.85. The van der Waals surface area contributed by atoms with Gasteiger partial charge in [-0.3, -0.25) is 19.4 Å². The number of unbranched alkanes of at least 4 members (excludes halogenated alkanes) is 6. The van der Waals surface area contributed by atoms with Gasteiger partial charge in [0.1, 0.15) is 5.54 Å². The number of likely N-dealkylation sites (tertiary alicyclic amines) is 2. The quantitative estimate of drug-likeness (QED) is 0.0970. The number of aliphatic imine (C=N–C) groups is 2. The lowest BCUT2D eigenvalue weighted by atomic mass is 9.78. The van der Waals surface area contributed by atoms with Crippen LogP contribution in [0.1, 0.15) is 77.0 Å². The van der Waals surface area contributed by atoms with E-state index in [-0.39, 0.29) is 31.1 Å². The minimum absolute atomic E-state index is 0.0357. The molecule has 2 fully saturated rings. The maximum Gasteiger partial charge on any atom is 0.407 e. The maximum absolute atomic E-state index is 13.5. The molecule has 11 heteroatoms. The summed E-state index contributed by atoms with van der Waals surface area (Å²) >= 11 is 0. The van der Waals surface area contributed by atoms with Gasteiger partial charge >= 0.3 is 6.09 Å². The molecule has 212 valence electrons. The number of nitrogens with zero attached hydrogens (tertiary/aromatic N) is 4. The summed E-state index contributed by atoms with van der Waals surface area (Å²) in [6.45, 7) is 4.95. The molecule has 38 heavy (non-hydrogen) atoms. The fourth-order valence-corrected chi connectivity index (χ4v) is 4.88. The summed E-state index contributed by atoms with van der Waals surface area (Å²) in [6.07, 6.45) is 11.8. The lowest BCUT2D eigenvalue weighted by molar-refractivity contribution is -0.149. The van der Waals surface area contributed by atoms with Gasteiger partial charge in [0.25, 0.3) is 0 Å². The average molecular weight is 534 g/mol. The molecule has 1 atom stereocenters. The highest BCUT2D eigenvalue weighted by molar-refractivity contribution is 6.12. The number of isocyanates is 2. The van der Waals surface area contributed by atoms with E-state index in [1.807, 2.05) is 4.90 Å². The van der Waals surface area contributed by atoms with Crippen molar-refractivity contribution in [2.75, 3.05) is 59.0 Å². The second-order valence-electron chi connectivity index (χ2n) is 10.0. The molecule has 0 aromatic carbocycles. The van der Waals surface area contributed by atoms with Crippen molar-refractivity contribution in [1.82, 2.24) is 15.1 Å². The lowest BCUT2D eigenvalue weighted by Crippen LogP contribution is -2.66. The van der Waals surface area contributed by atoms with Gasteiger partial charge < -0.3 is 10.1 Å². The topological polar surface area (TPSA) is 138 Å². The van der Waals surface area contributed by atoms with Crippen LogP contribution >= 0.6 is 0 Å². The second kappa shape index (κ2) is 18.5. The summed E-state index contributed by atoms with van der Waals surface area (Å²) in [4.78, 5) is 70.3. The minimum Gasteiger partial charge on any atom is -0.450 e. The summed E-state index contributed by atoms with van der Waals surface area (Å²) in [7, 11) is 0. The number of ether oxygens (including phenoxy) is 1. The normalized spacial score (nSPS) is 16.6. The van der Waals surface area contributed by atoms with Crippen LogP contribution in [-0.4, -0.2) is 104 Å². The first-order valence-corrected chi connectivity index (χ1v) is 14.1. The number of nitrogens with one attached hydrogen (secondary N) is 1. The Morgan fingerprint density at radius 3 is 2.11 bits per heavy atom. The third-order valence-corrected chi connectivity index (χ3v) is 7.35. The van der Waals surface area contributed by atoms with Crippen molar-refractivity contribution in [1.29, 1.82) is 0 Å². The Kier molecular flexibility index (Phi) is 15.4. The van der Waals surface area contributed by atoms with Gasteiger partial charge in [0, 0.05) is 26.1 Å². The van der Waals surface area contributed by atoms with Crippen LogP contribution in [0.2, 0.25) is 0 Å². The number of Topliss-reactive ketones (excluding diaryl/α,β-unsaturated/α-hetero) is 2. The Hall–Kier alpha value is -2.71. The third kappa shape index (κ3) is 10.6. The van der Waals surface area contributed by atoms with Crippen molar-refractivity contribution >= 4 is 29.8 Å². The number of hydrogen-bond acceptors (Lipinski definition) is 10. The second-order valence-corrected chi connectivity index (χ2v) is 10.0. The highest BCUT2D eigenvalue weighted by Gasteiger charge is 2.50. The molecule has 0 aromatic heterocycles. The van der Waals surface area contributed by atoms with Crippen LogP contribution in [0, 0.1) is 0 Å². The van der Waals surface area contributed by atoms with Crippen molar-refractivity contribution in [2.45, 2.75) is 82.6 Å².